The van der Waals surface area contributed by atoms with Crippen LogP contribution in [0.2, 0.25) is 0 Å². The molecule has 0 aliphatic carbocycles. The topological polar surface area (TPSA) is 20.3 Å². The molecule has 0 rings (SSSR count). The summed E-state index contributed by atoms with van der Waals surface area (Å²) in [7, 11) is 0. The van der Waals surface area contributed by atoms with E-state index in [2.05, 4.69) is 31.7 Å². The summed E-state index contributed by atoms with van der Waals surface area (Å²) < 4.78 is 0. The molecule has 0 radical (unpaired) electrons. The fourth-order valence-corrected chi connectivity index (χ4v) is 5.07. The molecule has 0 bridgehead atoms. The second kappa shape index (κ2) is 30.4. The van der Waals surface area contributed by atoms with Gasteiger partial charge in [0.25, 0.3) is 0 Å². The van der Waals surface area contributed by atoms with E-state index in [0.717, 1.165) is 32.4 Å². The van der Waals surface area contributed by atoms with Crippen molar-refractivity contribution in [1.29, 1.82) is 0 Å². The van der Waals surface area contributed by atoms with Crippen LogP contribution < -0.4 is 0 Å². The summed E-state index contributed by atoms with van der Waals surface area (Å²) in [5.74, 6) is 0.256. The minimum atomic E-state index is 0.256. The molecule has 0 saturated carbocycles. The van der Waals surface area contributed by atoms with Gasteiger partial charge in [0.15, 0.2) is 0 Å². The van der Waals surface area contributed by atoms with Gasteiger partial charge in [-0.2, -0.15) is 0 Å². The SMILES string of the molecule is CCCCCCCCCCCCCCCC=CC(=O)N(CCCCCCCC)CCCCCCCC. The van der Waals surface area contributed by atoms with E-state index in [9.17, 15) is 4.79 Å². The molecule has 0 heterocycles. The lowest BCUT2D eigenvalue weighted by Gasteiger charge is -2.21. The van der Waals surface area contributed by atoms with Gasteiger partial charge in [0.1, 0.15) is 0 Å². The molecule has 0 aliphatic heterocycles. The number of hydrogen-bond donors (Lipinski definition) is 0. The summed E-state index contributed by atoms with van der Waals surface area (Å²) in [6, 6.07) is 0. The van der Waals surface area contributed by atoms with Gasteiger partial charge in [-0.25, -0.2) is 0 Å². The first kappa shape index (κ1) is 35.2. The second-order valence-electron chi connectivity index (χ2n) is 11.3. The highest BCUT2D eigenvalue weighted by Gasteiger charge is 2.10. The molecule has 0 atom stereocenters. The van der Waals surface area contributed by atoms with E-state index in [4.69, 9.17) is 0 Å². The number of unbranched alkanes of at least 4 members (excludes halogenated alkanes) is 23. The van der Waals surface area contributed by atoms with Gasteiger partial charge < -0.3 is 4.90 Å². The standard InChI is InChI=1S/C34H67NO/c1-4-7-10-13-16-17-18-19-20-21-22-23-24-25-28-31-34(36)35(32-29-26-14-11-8-5-2)33-30-27-15-12-9-6-3/h28,31H,4-27,29-30,32-33H2,1-3H3. The number of allylic oxidation sites excluding steroid dienone is 1. The van der Waals surface area contributed by atoms with Crippen LogP contribution in [0.5, 0.6) is 0 Å². The number of hydrogen-bond acceptors (Lipinski definition) is 1. The fourth-order valence-electron chi connectivity index (χ4n) is 5.07. The summed E-state index contributed by atoms with van der Waals surface area (Å²) in [6.07, 6.45) is 38.7. The largest absolute Gasteiger partial charge is 0.339 e. The molecule has 2 heteroatoms. The molecule has 0 spiro atoms. The van der Waals surface area contributed by atoms with Crippen LogP contribution in [0, 0.1) is 0 Å². The summed E-state index contributed by atoms with van der Waals surface area (Å²) in [6.45, 7) is 8.72. The molecule has 0 aromatic carbocycles. The van der Waals surface area contributed by atoms with Gasteiger partial charge in [-0.1, -0.05) is 168 Å². The van der Waals surface area contributed by atoms with Crippen molar-refractivity contribution in [3.05, 3.63) is 12.2 Å². The van der Waals surface area contributed by atoms with E-state index < -0.39 is 0 Å². The first-order valence-electron chi connectivity index (χ1n) is 16.7. The molecule has 0 aromatic rings. The molecule has 0 N–H and O–H groups in total. The predicted molar refractivity (Wildman–Crippen MR) is 163 cm³/mol. The Hall–Kier alpha value is -0.790. The Kier molecular flexibility index (Phi) is 29.8. The lowest BCUT2D eigenvalue weighted by Crippen LogP contribution is -2.31. The maximum atomic E-state index is 12.8. The van der Waals surface area contributed by atoms with Crippen molar-refractivity contribution in [2.75, 3.05) is 13.1 Å². The summed E-state index contributed by atoms with van der Waals surface area (Å²) in [5.41, 5.74) is 0. The summed E-state index contributed by atoms with van der Waals surface area (Å²) in [5, 5.41) is 0. The van der Waals surface area contributed by atoms with Crippen LogP contribution in [-0.2, 0) is 4.79 Å². The Morgan fingerprint density at radius 2 is 0.750 bits per heavy atom. The van der Waals surface area contributed by atoms with Crippen molar-refractivity contribution >= 4 is 5.91 Å². The molecule has 0 aromatic heterocycles. The van der Waals surface area contributed by atoms with Gasteiger partial charge in [-0.05, 0) is 31.8 Å². The molecule has 0 unspecified atom stereocenters. The zero-order valence-corrected chi connectivity index (χ0v) is 25.3. The van der Waals surface area contributed by atoms with Crippen molar-refractivity contribution in [1.82, 2.24) is 4.90 Å². The van der Waals surface area contributed by atoms with Gasteiger partial charge in [0, 0.05) is 13.1 Å². The molecule has 0 saturated heterocycles. The van der Waals surface area contributed by atoms with Gasteiger partial charge in [0.05, 0.1) is 0 Å². The number of amides is 1. The predicted octanol–water partition coefficient (Wildman–Crippen LogP) is 11.6. The number of rotatable bonds is 29. The second-order valence-corrected chi connectivity index (χ2v) is 11.3. The quantitative estimate of drug-likeness (QED) is 0.0731. The van der Waals surface area contributed by atoms with Crippen molar-refractivity contribution in [2.24, 2.45) is 0 Å². The Morgan fingerprint density at radius 3 is 1.11 bits per heavy atom. The third kappa shape index (κ3) is 26.3. The Morgan fingerprint density at radius 1 is 0.444 bits per heavy atom. The van der Waals surface area contributed by atoms with Crippen LogP contribution >= 0.6 is 0 Å². The molecule has 0 aliphatic rings. The first-order chi connectivity index (χ1) is 17.8. The minimum absolute atomic E-state index is 0.256. The average molecular weight is 506 g/mol. The number of carbonyl (C=O) groups excluding carboxylic acids is 1. The van der Waals surface area contributed by atoms with Gasteiger partial charge in [-0.15, -0.1) is 0 Å². The average Bonchev–Trinajstić information content (AvgIpc) is 2.89. The van der Waals surface area contributed by atoms with Crippen molar-refractivity contribution in [3.63, 3.8) is 0 Å². The molecular weight excluding hydrogens is 438 g/mol. The number of carbonyl (C=O) groups is 1. The zero-order valence-electron chi connectivity index (χ0n) is 25.3. The van der Waals surface area contributed by atoms with Crippen molar-refractivity contribution in [3.8, 4) is 0 Å². The minimum Gasteiger partial charge on any atom is -0.339 e. The monoisotopic (exact) mass is 506 g/mol. The van der Waals surface area contributed by atoms with Crippen LogP contribution in [-0.4, -0.2) is 23.9 Å². The summed E-state index contributed by atoms with van der Waals surface area (Å²) in [4.78, 5) is 15.0. The summed E-state index contributed by atoms with van der Waals surface area (Å²) >= 11 is 0. The van der Waals surface area contributed by atoms with E-state index >= 15 is 0 Å². The lowest BCUT2D eigenvalue weighted by atomic mass is 10.0. The molecule has 0 fully saturated rings. The third-order valence-electron chi connectivity index (χ3n) is 7.61. The molecule has 2 nitrogen and oxygen atoms in total. The molecular formula is C34H67NO. The number of nitrogens with zero attached hydrogens (tertiary/aromatic N) is 1. The van der Waals surface area contributed by atoms with Crippen LogP contribution in [0.15, 0.2) is 12.2 Å². The van der Waals surface area contributed by atoms with E-state index in [1.54, 1.807) is 0 Å². The van der Waals surface area contributed by atoms with Crippen LogP contribution in [0.3, 0.4) is 0 Å². The van der Waals surface area contributed by atoms with Crippen LogP contribution in [0.4, 0.5) is 0 Å². The van der Waals surface area contributed by atoms with Crippen LogP contribution in [0.25, 0.3) is 0 Å². The Bertz CT molecular complexity index is 442. The molecule has 1 amide bonds. The van der Waals surface area contributed by atoms with Crippen LogP contribution in [0.1, 0.15) is 188 Å². The van der Waals surface area contributed by atoms with E-state index in [1.165, 1.54) is 148 Å². The van der Waals surface area contributed by atoms with Gasteiger partial charge in [-0.3, -0.25) is 4.79 Å². The lowest BCUT2D eigenvalue weighted by molar-refractivity contribution is -0.126. The Labute approximate surface area is 228 Å². The smallest absolute Gasteiger partial charge is 0.246 e. The highest BCUT2D eigenvalue weighted by atomic mass is 16.2. The molecule has 36 heavy (non-hydrogen) atoms. The van der Waals surface area contributed by atoms with Crippen molar-refractivity contribution < 1.29 is 4.79 Å². The van der Waals surface area contributed by atoms with E-state index in [1.807, 2.05) is 6.08 Å². The fraction of sp³-hybridized carbons (Fsp3) is 0.912. The highest BCUT2D eigenvalue weighted by molar-refractivity contribution is 5.87. The van der Waals surface area contributed by atoms with Gasteiger partial charge in [0.2, 0.25) is 5.91 Å². The van der Waals surface area contributed by atoms with E-state index in [0.29, 0.717) is 0 Å². The maximum absolute atomic E-state index is 12.8. The Balaban J connectivity index is 3.91. The molecule has 214 valence electrons. The normalized spacial score (nSPS) is 11.5. The highest BCUT2D eigenvalue weighted by Crippen LogP contribution is 2.14. The van der Waals surface area contributed by atoms with E-state index in [-0.39, 0.29) is 5.91 Å². The zero-order chi connectivity index (χ0) is 26.4. The third-order valence-corrected chi connectivity index (χ3v) is 7.61. The van der Waals surface area contributed by atoms with Crippen molar-refractivity contribution in [2.45, 2.75) is 188 Å². The first-order valence-corrected chi connectivity index (χ1v) is 16.7. The maximum Gasteiger partial charge on any atom is 0.246 e. The van der Waals surface area contributed by atoms with Gasteiger partial charge >= 0.3 is 0 Å².